The molecule has 0 bridgehead atoms. The third-order valence-corrected chi connectivity index (χ3v) is 2.98. The fraction of sp³-hybridized carbons (Fsp3) is 0.462. The number of anilines is 1. The number of nitrogens with one attached hydrogen (secondary N) is 1. The summed E-state index contributed by atoms with van der Waals surface area (Å²) in [6.45, 7) is 3.72. The minimum Gasteiger partial charge on any atom is -0.360 e. The van der Waals surface area contributed by atoms with Crippen molar-refractivity contribution < 1.29 is 4.79 Å². The number of fused-ring (bicyclic) bond motifs is 1. The zero-order valence-electron chi connectivity index (χ0n) is 10.1. The maximum Gasteiger partial charge on any atom is 0.239 e. The molecular formula is C13H19N3O. The maximum atomic E-state index is 11.6. The van der Waals surface area contributed by atoms with E-state index in [4.69, 9.17) is 5.73 Å². The summed E-state index contributed by atoms with van der Waals surface area (Å²) in [6, 6.07) is 8.26. The Hall–Kier alpha value is -1.55. The SMILES string of the molecule is CCNC(=O)CN1CC(N)Cc2ccccc21. The normalized spacial score (nSPS) is 18.7. The third-order valence-electron chi connectivity index (χ3n) is 2.98. The van der Waals surface area contributed by atoms with Gasteiger partial charge in [0, 0.05) is 24.8 Å². The second-order valence-electron chi connectivity index (χ2n) is 4.43. The average molecular weight is 233 g/mol. The molecule has 1 heterocycles. The Balaban J connectivity index is 2.15. The molecule has 0 saturated heterocycles. The van der Waals surface area contributed by atoms with E-state index >= 15 is 0 Å². The maximum absolute atomic E-state index is 11.6. The molecule has 1 unspecified atom stereocenters. The Morgan fingerprint density at radius 3 is 3.06 bits per heavy atom. The monoisotopic (exact) mass is 233 g/mol. The number of hydrogen-bond donors (Lipinski definition) is 2. The molecule has 0 spiro atoms. The van der Waals surface area contributed by atoms with Gasteiger partial charge in [-0.15, -0.1) is 0 Å². The highest BCUT2D eigenvalue weighted by molar-refractivity contribution is 5.81. The lowest BCUT2D eigenvalue weighted by molar-refractivity contribution is -0.119. The van der Waals surface area contributed by atoms with Crippen molar-refractivity contribution in [1.82, 2.24) is 5.32 Å². The van der Waals surface area contributed by atoms with Crippen molar-refractivity contribution in [3.05, 3.63) is 29.8 Å². The molecule has 3 N–H and O–H groups in total. The Kier molecular flexibility index (Phi) is 3.64. The third kappa shape index (κ3) is 2.77. The quantitative estimate of drug-likeness (QED) is 0.800. The number of hydrogen-bond acceptors (Lipinski definition) is 3. The van der Waals surface area contributed by atoms with E-state index in [0.717, 1.165) is 18.7 Å². The summed E-state index contributed by atoms with van der Waals surface area (Å²) in [5.41, 5.74) is 8.39. The highest BCUT2D eigenvalue weighted by Crippen LogP contribution is 2.25. The second kappa shape index (κ2) is 5.19. The number of nitrogens with zero attached hydrogens (tertiary/aromatic N) is 1. The molecule has 1 aliphatic rings. The number of para-hydroxylation sites is 1. The second-order valence-corrected chi connectivity index (χ2v) is 4.43. The lowest BCUT2D eigenvalue weighted by atomic mass is 9.98. The molecule has 1 aliphatic heterocycles. The fourth-order valence-corrected chi connectivity index (χ4v) is 2.30. The molecule has 4 nitrogen and oxygen atoms in total. The Morgan fingerprint density at radius 1 is 1.53 bits per heavy atom. The van der Waals surface area contributed by atoms with E-state index in [1.165, 1.54) is 5.56 Å². The van der Waals surface area contributed by atoms with E-state index in [1.54, 1.807) is 0 Å². The smallest absolute Gasteiger partial charge is 0.239 e. The summed E-state index contributed by atoms with van der Waals surface area (Å²) in [6.07, 6.45) is 0.891. The van der Waals surface area contributed by atoms with Gasteiger partial charge < -0.3 is 16.0 Å². The molecule has 92 valence electrons. The van der Waals surface area contributed by atoms with Gasteiger partial charge >= 0.3 is 0 Å². The minimum atomic E-state index is 0.0522. The van der Waals surface area contributed by atoms with E-state index < -0.39 is 0 Å². The van der Waals surface area contributed by atoms with Crippen molar-refractivity contribution in [1.29, 1.82) is 0 Å². The van der Waals surface area contributed by atoms with Gasteiger partial charge in [-0.05, 0) is 25.0 Å². The van der Waals surface area contributed by atoms with Gasteiger partial charge in [0.2, 0.25) is 5.91 Å². The standard InChI is InChI=1S/C13H19N3O/c1-2-15-13(17)9-16-8-11(14)7-10-5-3-4-6-12(10)16/h3-6,11H,2,7-9,14H2,1H3,(H,15,17). The van der Waals surface area contributed by atoms with Crippen molar-refractivity contribution in [3.8, 4) is 0 Å². The van der Waals surface area contributed by atoms with Gasteiger partial charge in [-0.25, -0.2) is 0 Å². The van der Waals surface area contributed by atoms with Crippen LogP contribution in [0, 0.1) is 0 Å². The van der Waals surface area contributed by atoms with Crippen LogP contribution in [0.25, 0.3) is 0 Å². The first-order valence-electron chi connectivity index (χ1n) is 6.06. The average Bonchev–Trinajstić information content (AvgIpc) is 2.29. The summed E-state index contributed by atoms with van der Waals surface area (Å²) in [7, 11) is 0. The summed E-state index contributed by atoms with van der Waals surface area (Å²) in [5, 5.41) is 2.82. The van der Waals surface area contributed by atoms with Gasteiger partial charge in [0.1, 0.15) is 0 Å². The zero-order valence-corrected chi connectivity index (χ0v) is 10.1. The number of nitrogens with two attached hydrogens (primary N) is 1. The van der Waals surface area contributed by atoms with E-state index in [1.807, 2.05) is 19.1 Å². The van der Waals surface area contributed by atoms with Crippen LogP contribution in [0.1, 0.15) is 12.5 Å². The highest BCUT2D eigenvalue weighted by Gasteiger charge is 2.22. The van der Waals surface area contributed by atoms with Crippen LogP contribution in [0.5, 0.6) is 0 Å². The first kappa shape index (κ1) is 11.9. The molecule has 4 heteroatoms. The van der Waals surface area contributed by atoms with E-state index in [-0.39, 0.29) is 11.9 Å². The number of likely N-dealkylation sites (N-methyl/N-ethyl adjacent to an activating group) is 1. The topological polar surface area (TPSA) is 58.4 Å². The number of carbonyl (C=O) groups excluding carboxylic acids is 1. The molecule has 0 aliphatic carbocycles. The van der Waals surface area contributed by atoms with Crippen LogP contribution in [0.4, 0.5) is 5.69 Å². The van der Waals surface area contributed by atoms with Gasteiger partial charge in [-0.3, -0.25) is 4.79 Å². The van der Waals surface area contributed by atoms with Gasteiger partial charge in [0.25, 0.3) is 0 Å². The summed E-state index contributed by atoms with van der Waals surface area (Å²) < 4.78 is 0. The number of rotatable bonds is 3. The van der Waals surface area contributed by atoms with Crippen molar-refractivity contribution >= 4 is 11.6 Å². The van der Waals surface area contributed by atoms with Crippen LogP contribution in [0.15, 0.2) is 24.3 Å². The van der Waals surface area contributed by atoms with Crippen LogP contribution in [-0.4, -0.2) is 31.6 Å². The molecule has 0 aromatic heterocycles. The van der Waals surface area contributed by atoms with E-state index in [9.17, 15) is 4.79 Å². The number of benzene rings is 1. The van der Waals surface area contributed by atoms with Gasteiger partial charge in [0.15, 0.2) is 0 Å². The number of amides is 1. The van der Waals surface area contributed by atoms with Crippen LogP contribution < -0.4 is 16.0 Å². The predicted molar refractivity (Wildman–Crippen MR) is 69.0 cm³/mol. The van der Waals surface area contributed by atoms with Crippen molar-refractivity contribution in [3.63, 3.8) is 0 Å². The Morgan fingerprint density at radius 2 is 2.29 bits per heavy atom. The largest absolute Gasteiger partial charge is 0.360 e. The van der Waals surface area contributed by atoms with Crippen molar-refractivity contribution in [2.75, 3.05) is 24.5 Å². The lowest BCUT2D eigenvalue weighted by Crippen LogP contribution is -2.47. The highest BCUT2D eigenvalue weighted by atomic mass is 16.2. The van der Waals surface area contributed by atoms with E-state index in [2.05, 4.69) is 22.3 Å². The molecule has 0 saturated carbocycles. The van der Waals surface area contributed by atoms with Crippen LogP contribution >= 0.6 is 0 Å². The van der Waals surface area contributed by atoms with E-state index in [0.29, 0.717) is 13.1 Å². The first-order valence-corrected chi connectivity index (χ1v) is 6.06. The molecule has 0 fully saturated rings. The Labute approximate surface area is 102 Å². The van der Waals surface area contributed by atoms with Crippen molar-refractivity contribution in [2.24, 2.45) is 5.73 Å². The summed E-state index contributed by atoms with van der Waals surface area (Å²) >= 11 is 0. The number of carbonyl (C=O) groups is 1. The molecular weight excluding hydrogens is 214 g/mol. The van der Waals surface area contributed by atoms with Crippen LogP contribution in [-0.2, 0) is 11.2 Å². The molecule has 1 amide bonds. The van der Waals surface area contributed by atoms with Gasteiger partial charge in [-0.2, -0.15) is 0 Å². The lowest BCUT2D eigenvalue weighted by Gasteiger charge is -2.34. The predicted octanol–water partition coefficient (Wildman–Crippen LogP) is 0.513. The molecule has 1 atom stereocenters. The first-order chi connectivity index (χ1) is 8.20. The van der Waals surface area contributed by atoms with Gasteiger partial charge in [0.05, 0.1) is 6.54 Å². The summed E-state index contributed by atoms with van der Waals surface area (Å²) in [4.78, 5) is 13.7. The molecule has 17 heavy (non-hydrogen) atoms. The minimum absolute atomic E-state index is 0.0522. The molecule has 0 radical (unpaired) electrons. The van der Waals surface area contributed by atoms with Crippen LogP contribution in [0.3, 0.4) is 0 Å². The fourth-order valence-electron chi connectivity index (χ4n) is 2.30. The molecule has 2 rings (SSSR count). The van der Waals surface area contributed by atoms with Crippen molar-refractivity contribution in [2.45, 2.75) is 19.4 Å². The molecule has 1 aromatic carbocycles. The van der Waals surface area contributed by atoms with Crippen LogP contribution in [0.2, 0.25) is 0 Å². The Bertz CT molecular complexity index is 405. The molecule has 1 aromatic rings. The zero-order chi connectivity index (χ0) is 12.3. The summed E-state index contributed by atoms with van der Waals surface area (Å²) in [5.74, 6) is 0.0522. The van der Waals surface area contributed by atoms with Gasteiger partial charge in [-0.1, -0.05) is 18.2 Å².